The lowest BCUT2D eigenvalue weighted by atomic mass is 9.68. The van der Waals surface area contributed by atoms with Crippen molar-refractivity contribution in [1.29, 1.82) is 5.26 Å². The number of hydrogen-bond donors (Lipinski definition) is 2. The Morgan fingerprint density at radius 3 is 2.69 bits per heavy atom. The van der Waals surface area contributed by atoms with Crippen molar-refractivity contribution in [2.45, 2.75) is 44.3 Å². The third-order valence-corrected chi connectivity index (χ3v) is 3.95. The third kappa shape index (κ3) is 1.02. The van der Waals surface area contributed by atoms with Crippen molar-refractivity contribution >= 4 is 0 Å². The smallest absolute Gasteiger partial charge is 0.0837 e. The maximum absolute atomic E-state index is 9.97. The zero-order valence-electron chi connectivity index (χ0n) is 7.82. The van der Waals surface area contributed by atoms with Crippen LogP contribution < -0.4 is 0 Å². The Morgan fingerprint density at radius 2 is 2.08 bits per heavy atom. The summed E-state index contributed by atoms with van der Waals surface area (Å²) < 4.78 is 0. The summed E-state index contributed by atoms with van der Waals surface area (Å²) in [6.45, 7) is 1.77. The molecule has 0 aliphatic heterocycles. The summed E-state index contributed by atoms with van der Waals surface area (Å²) >= 11 is 0. The average molecular weight is 181 g/mol. The number of nitriles is 1. The topological polar surface area (TPSA) is 64.2 Å². The lowest BCUT2D eigenvalue weighted by Gasteiger charge is -2.41. The molecule has 72 valence electrons. The first-order valence-corrected chi connectivity index (χ1v) is 4.84. The Balaban J connectivity index is 2.33. The van der Waals surface area contributed by atoms with Gasteiger partial charge in [-0.25, -0.2) is 0 Å². The molecule has 0 amide bonds. The van der Waals surface area contributed by atoms with Gasteiger partial charge < -0.3 is 10.2 Å². The van der Waals surface area contributed by atoms with Crippen LogP contribution in [0.4, 0.5) is 0 Å². The number of hydrogen-bond acceptors (Lipinski definition) is 3. The van der Waals surface area contributed by atoms with E-state index in [1.54, 1.807) is 6.92 Å². The standard InChI is InChI=1S/C10H15NO2/c1-9(13)4-5-10(6-11)3-2-7(9)8(10)12/h7-8,12-13H,2-5H2,1H3. The minimum absolute atomic E-state index is 0.0964. The van der Waals surface area contributed by atoms with Gasteiger partial charge in [-0.15, -0.1) is 0 Å². The maximum Gasteiger partial charge on any atom is 0.0837 e. The second kappa shape index (κ2) is 2.46. The van der Waals surface area contributed by atoms with Gasteiger partial charge in [-0.2, -0.15) is 5.26 Å². The van der Waals surface area contributed by atoms with Crippen LogP contribution in [0.5, 0.6) is 0 Å². The molecule has 0 radical (unpaired) electrons. The average Bonchev–Trinajstić information content (AvgIpc) is 2.33. The number of aliphatic hydroxyl groups excluding tert-OH is 1. The Kier molecular flexibility index (Phi) is 1.70. The van der Waals surface area contributed by atoms with E-state index in [1.165, 1.54) is 0 Å². The molecule has 0 aromatic carbocycles. The summed E-state index contributed by atoms with van der Waals surface area (Å²) in [4.78, 5) is 0. The fraction of sp³-hybridized carbons (Fsp3) is 0.900. The largest absolute Gasteiger partial charge is 0.391 e. The van der Waals surface area contributed by atoms with E-state index in [4.69, 9.17) is 5.26 Å². The molecule has 2 aliphatic carbocycles. The van der Waals surface area contributed by atoms with Crippen LogP contribution in [0.25, 0.3) is 0 Å². The lowest BCUT2D eigenvalue weighted by Crippen LogP contribution is -2.49. The Labute approximate surface area is 78.0 Å². The first kappa shape index (κ1) is 8.98. The van der Waals surface area contributed by atoms with Gasteiger partial charge in [0, 0.05) is 5.92 Å². The van der Waals surface area contributed by atoms with Crippen molar-refractivity contribution in [3.63, 3.8) is 0 Å². The van der Waals surface area contributed by atoms with Crippen molar-refractivity contribution in [2.75, 3.05) is 0 Å². The van der Waals surface area contributed by atoms with E-state index in [0.717, 1.165) is 12.8 Å². The van der Waals surface area contributed by atoms with Crippen LogP contribution in [0, 0.1) is 22.7 Å². The van der Waals surface area contributed by atoms with Crippen molar-refractivity contribution < 1.29 is 10.2 Å². The minimum Gasteiger partial charge on any atom is -0.391 e. The quantitative estimate of drug-likeness (QED) is 0.581. The fourth-order valence-electron chi connectivity index (χ4n) is 2.87. The molecule has 4 unspecified atom stereocenters. The van der Waals surface area contributed by atoms with Gasteiger partial charge in [0.15, 0.2) is 0 Å². The molecule has 2 bridgehead atoms. The summed E-state index contributed by atoms with van der Waals surface area (Å²) in [6.07, 6.45) is 2.17. The second-order valence-corrected chi connectivity index (χ2v) is 4.72. The van der Waals surface area contributed by atoms with E-state index in [0.29, 0.717) is 12.8 Å². The van der Waals surface area contributed by atoms with Gasteiger partial charge in [0.05, 0.1) is 23.2 Å². The first-order chi connectivity index (χ1) is 6.02. The SMILES string of the molecule is CC1(O)CCC2(C#N)CCC1C2O. The van der Waals surface area contributed by atoms with Gasteiger partial charge in [-0.3, -0.25) is 0 Å². The van der Waals surface area contributed by atoms with Crippen LogP contribution in [-0.2, 0) is 0 Å². The zero-order valence-corrected chi connectivity index (χ0v) is 7.82. The molecule has 2 fully saturated rings. The van der Waals surface area contributed by atoms with Crippen LogP contribution in [0.3, 0.4) is 0 Å². The van der Waals surface area contributed by atoms with E-state index in [9.17, 15) is 10.2 Å². The monoisotopic (exact) mass is 181 g/mol. The molecule has 0 spiro atoms. The molecule has 2 saturated carbocycles. The van der Waals surface area contributed by atoms with E-state index in [2.05, 4.69) is 6.07 Å². The molecule has 13 heavy (non-hydrogen) atoms. The van der Waals surface area contributed by atoms with E-state index >= 15 is 0 Å². The number of aliphatic hydroxyl groups is 2. The second-order valence-electron chi connectivity index (χ2n) is 4.72. The van der Waals surface area contributed by atoms with E-state index in [1.807, 2.05) is 0 Å². The highest BCUT2D eigenvalue weighted by atomic mass is 16.3. The molecule has 4 atom stereocenters. The van der Waals surface area contributed by atoms with Gasteiger partial charge in [0.25, 0.3) is 0 Å². The Bertz CT molecular complexity index is 269. The summed E-state index contributed by atoms with van der Waals surface area (Å²) in [7, 11) is 0. The van der Waals surface area contributed by atoms with Gasteiger partial charge in [-0.05, 0) is 32.6 Å². The van der Waals surface area contributed by atoms with Crippen LogP contribution in [0.2, 0.25) is 0 Å². The van der Waals surface area contributed by atoms with Crippen LogP contribution in [0.15, 0.2) is 0 Å². The molecule has 0 aromatic rings. The minimum atomic E-state index is -0.768. The molecule has 3 nitrogen and oxygen atoms in total. The highest BCUT2D eigenvalue weighted by Crippen LogP contribution is 2.54. The molecule has 0 saturated heterocycles. The van der Waals surface area contributed by atoms with Crippen LogP contribution in [-0.4, -0.2) is 21.9 Å². The molecule has 3 heteroatoms. The molecule has 2 aliphatic rings. The highest BCUT2D eigenvalue weighted by molar-refractivity contribution is 5.16. The Morgan fingerprint density at radius 1 is 1.38 bits per heavy atom. The molecule has 2 rings (SSSR count). The van der Waals surface area contributed by atoms with Crippen molar-refractivity contribution in [3.8, 4) is 6.07 Å². The van der Waals surface area contributed by atoms with Gasteiger partial charge >= 0.3 is 0 Å². The van der Waals surface area contributed by atoms with Crippen LogP contribution >= 0.6 is 0 Å². The van der Waals surface area contributed by atoms with Crippen molar-refractivity contribution in [2.24, 2.45) is 11.3 Å². The van der Waals surface area contributed by atoms with Gasteiger partial charge in [-0.1, -0.05) is 0 Å². The third-order valence-electron chi connectivity index (χ3n) is 3.95. The van der Waals surface area contributed by atoms with Crippen molar-refractivity contribution in [3.05, 3.63) is 0 Å². The normalized spacial score (nSPS) is 54.6. The molecular formula is C10H15NO2. The number of rotatable bonds is 0. The summed E-state index contributed by atoms with van der Waals surface area (Å²) in [5.74, 6) is -0.0964. The Hall–Kier alpha value is -0.590. The number of nitrogens with zero attached hydrogens (tertiary/aromatic N) is 1. The van der Waals surface area contributed by atoms with Crippen LogP contribution in [0.1, 0.15) is 32.6 Å². The fourth-order valence-corrected chi connectivity index (χ4v) is 2.87. The zero-order chi connectivity index (χ0) is 9.69. The summed E-state index contributed by atoms with van der Waals surface area (Å²) in [6, 6.07) is 2.24. The van der Waals surface area contributed by atoms with E-state index < -0.39 is 17.1 Å². The van der Waals surface area contributed by atoms with Gasteiger partial charge in [0.1, 0.15) is 0 Å². The highest BCUT2D eigenvalue weighted by Gasteiger charge is 2.57. The predicted octanol–water partition coefficient (Wildman–Crippen LogP) is 0.812. The maximum atomic E-state index is 9.97. The molecule has 2 N–H and O–H groups in total. The van der Waals surface area contributed by atoms with E-state index in [-0.39, 0.29) is 5.92 Å². The van der Waals surface area contributed by atoms with Gasteiger partial charge in [0.2, 0.25) is 0 Å². The summed E-state index contributed by atoms with van der Waals surface area (Å²) in [5.41, 5.74) is -1.32. The lowest BCUT2D eigenvalue weighted by molar-refractivity contribution is -0.103. The predicted molar refractivity (Wildman–Crippen MR) is 46.6 cm³/mol. The summed E-state index contributed by atoms with van der Waals surface area (Å²) in [5, 5.41) is 28.9. The molecule has 0 aromatic heterocycles. The molecule has 0 heterocycles. The number of fused-ring (bicyclic) bond motifs is 2. The first-order valence-electron chi connectivity index (χ1n) is 4.84. The van der Waals surface area contributed by atoms with Crippen molar-refractivity contribution in [1.82, 2.24) is 0 Å². The molecular weight excluding hydrogens is 166 g/mol.